The first-order chi connectivity index (χ1) is 34.0. The van der Waals surface area contributed by atoms with Crippen LogP contribution in [0.15, 0.2) is 85.1 Å². The highest BCUT2D eigenvalue weighted by Gasteiger charge is 2.54. The smallest absolute Gasteiger partial charge is 0.462 e. The van der Waals surface area contributed by atoms with E-state index in [2.05, 4.69) is 67.0 Å². The van der Waals surface area contributed by atoms with Crippen LogP contribution in [-0.2, 0) is 41.8 Å². The average molecular weight is 1050 g/mol. The zero-order valence-corrected chi connectivity index (χ0v) is 44.0. The van der Waals surface area contributed by atoms with Crippen LogP contribution < -0.4 is 0 Å². The van der Waals surface area contributed by atoms with Crippen molar-refractivity contribution in [2.75, 3.05) is 13.2 Å². The maximum Gasteiger partial charge on any atom is 0.472 e. The fourth-order valence-electron chi connectivity index (χ4n) is 7.22. The number of hydrogen-bond acceptors (Lipinski definition) is 14. The second-order valence-electron chi connectivity index (χ2n) is 17.7. The van der Waals surface area contributed by atoms with Gasteiger partial charge in [0.1, 0.15) is 43.2 Å². The Hall–Kier alpha value is -2.86. The van der Waals surface area contributed by atoms with E-state index in [4.69, 9.17) is 18.5 Å². The van der Waals surface area contributed by atoms with E-state index in [1.165, 1.54) is 44.9 Å². The van der Waals surface area contributed by atoms with E-state index in [1.54, 1.807) is 24.3 Å². The summed E-state index contributed by atoms with van der Waals surface area (Å²) in [4.78, 5) is 54.4. The van der Waals surface area contributed by atoms with Crippen LogP contribution in [0.4, 0.5) is 0 Å². The van der Waals surface area contributed by atoms with Crippen molar-refractivity contribution in [3.63, 3.8) is 0 Å². The number of aliphatic hydroxyl groups excluding tert-OH is 5. The molecule has 71 heavy (non-hydrogen) atoms. The zero-order valence-electron chi connectivity index (χ0n) is 42.2. The third kappa shape index (κ3) is 35.9. The Morgan fingerprint density at radius 2 is 1.00 bits per heavy atom. The molecule has 0 spiro atoms. The quantitative estimate of drug-likeness (QED) is 0.00929. The van der Waals surface area contributed by atoms with Gasteiger partial charge < -0.3 is 49.7 Å². The highest BCUT2D eigenvalue weighted by Crippen LogP contribution is 2.49. The fraction of sp³-hybridized carbons (Fsp3) is 0.692. The molecule has 408 valence electrons. The molecule has 17 nitrogen and oxygen atoms in total. The van der Waals surface area contributed by atoms with Crippen molar-refractivity contribution in [2.45, 2.75) is 217 Å². The highest BCUT2D eigenvalue weighted by molar-refractivity contribution is 7.47. The van der Waals surface area contributed by atoms with Crippen LogP contribution in [0.25, 0.3) is 0 Å². The van der Waals surface area contributed by atoms with E-state index in [9.17, 15) is 58.9 Å². The van der Waals surface area contributed by atoms with Gasteiger partial charge in [-0.15, -0.1) is 0 Å². The molecule has 0 aliphatic heterocycles. The molecule has 9 atom stereocenters. The molecule has 1 fully saturated rings. The monoisotopic (exact) mass is 1050 g/mol. The molecule has 1 aliphatic carbocycles. The van der Waals surface area contributed by atoms with Gasteiger partial charge in [0.25, 0.3) is 0 Å². The van der Waals surface area contributed by atoms with E-state index in [1.807, 2.05) is 12.2 Å². The van der Waals surface area contributed by atoms with Gasteiger partial charge in [-0.3, -0.25) is 23.2 Å². The Bertz CT molecular complexity index is 1710. The number of hydrogen-bond donors (Lipinski definition) is 8. The average Bonchev–Trinajstić information content (AvgIpc) is 3.32. The molecular formula is C52H88O17P2. The third-order valence-electron chi connectivity index (χ3n) is 11.3. The van der Waals surface area contributed by atoms with Crippen LogP contribution >= 0.6 is 15.6 Å². The lowest BCUT2D eigenvalue weighted by molar-refractivity contribution is -0.216. The first-order valence-electron chi connectivity index (χ1n) is 25.7. The molecule has 0 aromatic heterocycles. The second-order valence-corrected chi connectivity index (χ2v) is 20.3. The molecule has 0 heterocycles. The molecule has 0 saturated heterocycles. The molecule has 0 amide bonds. The molecule has 0 aromatic carbocycles. The normalized spacial score (nSPS) is 22.0. The van der Waals surface area contributed by atoms with E-state index < -0.39 is 89.6 Å². The van der Waals surface area contributed by atoms with E-state index >= 15 is 0 Å². The van der Waals surface area contributed by atoms with Gasteiger partial charge >= 0.3 is 27.6 Å². The van der Waals surface area contributed by atoms with Crippen molar-refractivity contribution in [3.05, 3.63) is 85.1 Å². The highest BCUT2D eigenvalue weighted by atomic mass is 31.2. The number of aliphatic hydroxyl groups is 5. The molecule has 6 unspecified atom stereocenters. The summed E-state index contributed by atoms with van der Waals surface area (Å²) in [6.45, 7) is 2.94. The molecular weight excluding hydrogens is 959 g/mol. The molecule has 19 heteroatoms. The van der Waals surface area contributed by atoms with Gasteiger partial charge in [0.2, 0.25) is 0 Å². The Labute approximate surface area is 423 Å². The van der Waals surface area contributed by atoms with E-state index in [0.29, 0.717) is 25.7 Å². The maximum atomic E-state index is 13.0. The predicted octanol–water partition coefficient (Wildman–Crippen LogP) is 9.54. The van der Waals surface area contributed by atoms with Gasteiger partial charge in [0.05, 0.1) is 12.7 Å². The minimum absolute atomic E-state index is 0.0724. The first kappa shape index (κ1) is 66.2. The standard InChI is InChI=1S/C52H88O17P2/c1-3-5-7-9-11-13-14-15-16-17-18-19-20-21-22-23-25-27-31-35-39-45(54)65-41-44(42-66-71(63,64)69-52-49(58)47(56)48(57)51(50(52)59)68-70(60,61)62)67-46(55)40-36-32-28-30-34-38-43(53)37-33-29-26-24-12-10-8-6-4-2/h12-14,16-17,19-20,24,28-30,33-34,38,43-44,47-53,56-59H,3-11,15,18,21-23,25-27,31-32,35-37,39-42H2,1-2H3,(H,63,64)(H2,60,61,62)/b14-13-,17-16-,20-19-,24-12-,30-28+,33-29-,38-34-/t43?,44-,47?,48?,49?,50?,51-,52+/m1/s1. The lowest BCUT2D eigenvalue weighted by Gasteiger charge is -2.43. The summed E-state index contributed by atoms with van der Waals surface area (Å²) < 4.78 is 49.3. The summed E-state index contributed by atoms with van der Waals surface area (Å²) in [6.07, 6.45) is 34.0. The number of ether oxygens (including phenoxy) is 2. The third-order valence-corrected chi connectivity index (χ3v) is 12.8. The van der Waals surface area contributed by atoms with Crippen LogP contribution in [0.1, 0.15) is 168 Å². The Balaban J connectivity index is 2.63. The molecule has 1 aliphatic rings. The minimum Gasteiger partial charge on any atom is -0.462 e. The number of esters is 2. The Morgan fingerprint density at radius 1 is 0.521 bits per heavy atom. The second kappa shape index (κ2) is 41.5. The van der Waals surface area contributed by atoms with Crippen molar-refractivity contribution in [1.29, 1.82) is 0 Å². The molecule has 8 N–H and O–H groups in total. The largest absolute Gasteiger partial charge is 0.472 e. The predicted molar refractivity (Wildman–Crippen MR) is 275 cm³/mol. The number of carbonyl (C=O) groups excluding carboxylic acids is 2. The number of phosphoric acid groups is 2. The summed E-state index contributed by atoms with van der Waals surface area (Å²) in [6, 6.07) is 0. The van der Waals surface area contributed by atoms with Gasteiger partial charge in [-0.1, -0.05) is 157 Å². The van der Waals surface area contributed by atoms with Gasteiger partial charge in [0, 0.05) is 12.8 Å². The maximum absolute atomic E-state index is 13.0. The van der Waals surface area contributed by atoms with Crippen molar-refractivity contribution in [3.8, 4) is 0 Å². The van der Waals surface area contributed by atoms with Crippen LogP contribution in [0.5, 0.6) is 0 Å². The minimum atomic E-state index is -5.39. The molecule has 0 bridgehead atoms. The number of unbranched alkanes of at least 4 members (excludes halogenated alkanes) is 14. The van der Waals surface area contributed by atoms with Crippen molar-refractivity contribution in [2.24, 2.45) is 0 Å². The Kier molecular flexibility index (Phi) is 38.7. The zero-order chi connectivity index (χ0) is 52.6. The molecule has 0 aromatic rings. The van der Waals surface area contributed by atoms with Gasteiger partial charge in [0.15, 0.2) is 6.10 Å². The number of allylic oxidation sites excluding steroid dienone is 12. The summed E-state index contributed by atoms with van der Waals surface area (Å²) in [7, 11) is -10.7. The van der Waals surface area contributed by atoms with Crippen molar-refractivity contribution >= 4 is 27.6 Å². The lowest BCUT2D eigenvalue weighted by Crippen LogP contribution is -2.64. The lowest BCUT2D eigenvalue weighted by atomic mass is 9.85. The van der Waals surface area contributed by atoms with Crippen LogP contribution in [0.2, 0.25) is 0 Å². The summed E-state index contributed by atoms with van der Waals surface area (Å²) in [5.74, 6) is -1.36. The SMILES string of the molecule is CCCCC/C=C\C/C=C\CC(O)/C=C\C=C\CCCC(=O)O[C@H](COC(=O)CCCCCCCC/C=C\C/C=C\C/C=C\CCCCCC)COP(=O)(O)O[C@H]1C(O)C(O)C(O)[C@@H](OP(=O)(O)O)C1O. The van der Waals surface area contributed by atoms with Gasteiger partial charge in [-0.05, 0) is 83.5 Å². The van der Waals surface area contributed by atoms with Crippen molar-refractivity contribution < 1.29 is 82.0 Å². The summed E-state index contributed by atoms with van der Waals surface area (Å²) in [5.41, 5.74) is 0. The fourth-order valence-corrected chi connectivity index (χ4v) is 8.76. The summed E-state index contributed by atoms with van der Waals surface area (Å²) >= 11 is 0. The topological polar surface area (TPSA) is 276 Å². The van der Waals surface area contributed by atoms with E-state index in [0.717, 1.165) is 70.6 Å². The number of phosphoric ester groups is 2. The van der Waals surface area contributed by atoms with Crippen LogP contribution in [0, 0.1) is 0 Å². The number of carbonyl (C=O) groups is 2. The van der Waals surface area contributed by atoms with Crippen LogP contribution in [-0.4, -0.2) is 114 Å². The van der Waals surface area contributed by atoms with Gasteiger partial charge in [-0.25, -0.2) is 9.13 Å². The van der Waals surface area contributed by atoms with E-state index in [-0.39, 0.29) is 12.8 Å². The first-order valence-corrected chi connectivity index (χ1v) is 28.8. The molecule has 0 radical (unpaired) electrons. The molecule has 1 rings (SSSR count). The number of rotatable bonds is 42. The van der Waals surface area contributed by atoms with Crippen LogP contribution in [0.3, 0.4) is 0 Å². The Morgan fingerprint density at radius 3 is 1.59 bits per heavy atom. The van der Waals surface area contributed by atoms with Gasteiger partial charge in [-0.2, -0.15) is 0 Å². The van der Waals surface area contributed by atoms with Crippen molar-refractivity contribution in [1.82, 2.24) is 0 Å². The molecule has 1 saturated carbocycles. The summed E-state index contributed by atoms with van der Waals surface area (Å²) in [5, 5.41) is 51.5.